The molecule has 0 amide bonds. The Morgan fingerprint density at radius 1 is 1.31 bits per heavy atom. The van der Waals surface area contributed by atoms with Crippen LogP contribution in [0.3, 0.4) is 0 Å². The molecular weight excluding hydrogens is 481 g/mol. The highest BCUT2D eigenvalue weighted by molar-refractivity contribution is 14.0. The van der Waals surface area contributed by atoms with Crippen molar-refractivity contribution in [2.75, 3.05) is 33.4 Å². The molecule has 1 atom stereocenters. The van der Waals surface area contributed by atoms with E-state index in [0.717, 1.165) is 58.1 Å². The molecule has 2 heterocycles. The van der Waals surface area contributed by atoms with E-state index in [4.69, 9.17) is 9.47 Å². The maximum absolute atomic E-state index is 5.69. The normalized spacial score (nSPS) is 16.4. The average Bonchev–Trinajstić information content (AvgIpc) is 3.41. The second-order valence-electron chi connectivity index (χ2n) is 6.94. The molecule has 1 aromatic heterocycles. The lowest BCUT2D eigenvalue weighted by Crippen LogP contribution is -2.37. The van der Waals surface area contributed by atoms with Gasteiger partial charge in [-0.25, -0.2) is 0 Å². The fraction of sp³-hybridized carbons (Fsp3) is 0.524. The minimum atomic E-state index is 0. The summed E-state index contributed by atoms with van der Waals surface area (Å²) in [6.45, 7) is 4.65. The van der Waals surface area contributed by atoms with Crippen molar-refractivity contribution in [1.29, 1.82) is 0 Å². The highest BCUT2D eigenvalue weighted by atomic mass is 127. The highest BCUT2D eigenvalue weighted by Gasteiger charge is 2.14. The van der Waals surface area contributed by atoms with E-state index in [-0.39, 0.29) is 24.0 Å². The summed E-state index contributed by atoms with van der Waals surface area (Å²) in [5, 5.41) is 11.0. The number of nitrogens with one attached hydrogen (secondary N) is 2. The SMILES string of the molecule is CN=C(NCCCOCC1CCCO1)NCc1cccc(Cn2cccn2)c1.I. The average molecular weight is 513 g/mol. The van der Waals surface area contributed by atoms with Gasteiger partial charge in [0.1, 0.15) is 0 Å². The van der Waals surface area contributed by atoms with Crippen LogP contribution in [0.15, 0.2) is 47.7 Å². The standard InChI is InChI=1S/C21H31N5O2.HI/c1-22-21(23-9-5-12-27-17-20-8-3-13-28-20)24-15-18-6-2-7-19(14-18)16-26-11-4-10-25-26;/h2,4,6-7,10-11,14,20H,3,5,8-9,12-13,15-17H2,1H3,(H2,22,23,24);1H. The molecule has 1 unspecified atom stereocenters. The zero-order valence-corrected chi connectivity index (χ0v) is 19.4. The van der Waals surface area contributed by atoms with Gasteiger partial charge in [0, 0.05) is 45.7 Å². The number of aliphatic imine (C=N–C) groups is 1. The molecule has 160 valence electrons. The Kier molecular flexibility index (Phi) is 11.0. The lowest BCUT2D eigenvalue weighted by Gasteiger charge is -2.13. The van der Waals surface area contributed by atoms with Crippen LogP contribution in [0.2, 0.25) is 0 Å². The number of rotatable bonds is 10. The Bertz CT molecular complexity index is 718. The lowest BCUT2D eigenvalue weighted by atomic mass is 10.1. The van der Waals surface area contributed by atoms with Gasteiger partial charge in [-0.05, 0) is 36.5 Å². The van der Waals surface area contributed by atoms with Crippen molar-refractivity contribution < 1.29 is 9.47 Å². The van der Waals surface area contributed by atoms with Crippen molar-refractivity contribution in [3.05, 3.63) is 53.9 Å². The van der Waals surface area contributed by atoms with Crippen LogP contribution in [-0.4, -0.2) is 55.3 Å². The summed E-state index contributed by atoms with van der Waals surface area (Å²) >= 11 is 0. The number of hydrogen-bond acceptors (Lipinski definition) is 4. The number of benzene rings is 1. The Morgan fingerprint density at radius 3 is 2.97 bits per heavy atom. The van der Waals surface area contributed by atoms with Gasteiger partial charge in [0.05, 0.1) is 19.3 Å². The third-order valence-corrected chi connectivity index (χ3v) is 4.66. The van der Waals surface area contributed by atoms with Gasteiger partial charge in [-0.3, -0.25) is 9.67 Å². The van der Waals surface area contributed by atoms with E-state index in [9.17, 15) is 0 Å². The Hall–Kier alpha value is -1.65. The third-order valence-electron chi connectivity index (χ3n) is 4.66. The van der Waals surface area contributed by atoms with Gasteiger partial charge in [0.2, 0.25) is 0 Å². The fourth-order valence-corrected chi connectivity index (χ4v) is 3.20. The first-order valence-corrected chi connectivity index (χ1v) is 10.0. The van der Waals surface area contributed by atoms with Gasteiger partial charge in [-0.15, -0.1) is 24.0 Å². The van der Waals surface area contributed by atoms with E-state index >= 15 is 0 Å². The number of nitrogens with zero attached hydrogens (tertiary/aromatic N) is 3. The smallest absolute Gasteiger partial charge is 0.191 e. The summed E-state index contributed by atoms with van der Waals surface area (Å²) in [6.07, 6.45) is 7.29. The summed E-state index contributed by atoms with van der Waals surface area (Å²) < 4.78 is 13.2. The zero-order chi connectivity index (χ0) is 19.4. The predicted molar refractivity (Wildman–Crippen MR) is 126 cm³/mol. The first-order chi connectivity index (χ1) is 13.8. The van der Waals surface area contributed by atoms with E-state index in [1.54, 1.807) is 13.2 Å². The second kappa shape index (κ2) is 13.6. The molecule has 0 radical (unpaired) electrons. The van der Waals surface area contributed by atoms with Crippen molar-refractivity contribution in [3.63, 3.8) is 0 Å². The van der Waals surface area contributed by atoms with Crippen molar-refractivity contribution in [3.8, 4) is 0 Å². The second-order valence-corrected chi connectivity index (χ2v) is 6.94. The van der Waals surface area contributed by atoms with E-state index in [1.165, 1.54) is 11.1 Å². The summed E-state index contributed by atoms with van der Waals surface area (Å²) in [4.78, 5) is 4.29. The first kappa shape index (κ1) is 23.6. The molecule has 0 spiro atoms. The third kappa shape index (κ3) is 8.71. The number of halogens is 1. The molecule has 2 aromatic rings. The lowest BCUT2D eigenvalue weighted by molar-refractivity contribution is 0.0168. The highest BCUT2D eigenvalue weighted by Crippen LogP contribution is 2.11. The summed E-state index contributed by atoms with van der Waals surface area (Å²) in [5.74, 6) is 0.802. The molecule has 1 saturated heterocycles. The van der Waals surface area contributed by atoms with Crippen LogP contribution in [0, 0.1) is 0 Å². The molecule has 1 aliphatic rings. The molecule has 3 rings (SSSR count). The summed E-state index contributed by atoms with van der Waals surface area (Å²) in [5.41, 5.74) is 2.45. The van der Waals surface area contributed by atoms with Gasteiger partial charge < -0.3 is 20.1 Å². The molecule has 1 aromatic carbocycles. The zero-order valence-electron chi connectivity index (χ0n) is 17.0. The molecule has 0 aliphatic carbocycles. The summed E-state index contributed by atoms with van der Waals surface area (Å²) in [7, 11) is 1.79. The predicted octanol–water partition coefficient (Wildman–Crippen LogP) is 2.80. The van der Waals surface area contributed by atoms with Crippen molar-refractivity contribution in [2.24, 2.45) is 4.99 Å². The Balaban J connectivity index is 0.00000300. The van der Waals surface area contributed by atoms with Gasteiger partial charge in [-0.2, -0.15) is 5.10 Å². The molecule has 2 N–H and O–H groups in total. The van der Waals surface area contributed by atoms with Gasteiger partial charge in [0.15, 0.2) is 5.96 Å². The topological polar surface area (TPSA) is 72.7 Å². The number of hydrogen-bond donors (Lipinski definition) is 2. The van der Waals surface area contributed by atoms with E-state index in [0.29, 0.717) is 12.7 Å². The Labute approximate surface area is 190 Å². The van der Waals surface area contributed by atoms with Crippen LogP contribution in [0.4, 0.5) is 0 Å². The van der Waals surface area contributed by atoms with Gasteiger partial charge >= 0.3 is 0 Å². The monoisotopic (exact) mass is 513 g/mol. The molecule has 0 bridgehead atoms. The number of guanidine groups is 1. The molecule has 0 saturated carbocycles. The fourth-order valence-electron chi connectivity index (χ4n) is 3.20. The minimum absolute atomic E-state index is 0. The van der Waals surface area contributed by atoms with Crippen LogP contribution < -0.4 is 10.6 Å². The molecule has 1 aliphatic heterocycles. The van der Waals surface area contributed by atoms with Gasteiger partial charge in [-0.1, -0.05) is 24.3 Å². The van der Waals surface area contributed by atoms with Crippen LogP contribution in [-0.2, 0) is 22.6 Å². The Morgan fingerprint density at radius 2 is 2.21 bits per heavy atom. The van der Waals surface area contributed by atoms with Crippen molar-refractivity contribution >= 4 is 29.9 Å². The van der Waals surface area contributed by atoms with Crippen molar-refractivity contribution in [2.45, 2.75) is 38.5 Å². The first-order valence-electron chi connectivity index (χ1n) is 10.0. The maximum Gasteiger partial charge on any atom is 0.191 e. The van der Waals surface area contributed by atoms with E-state index in [2.05, 4.69) is 45.0 Å². The quantitative estimate of drug-likeness (QED) is 0.221. The molecule has 7 nitrogen and oxygen atoms in total. The summed E-state index contributed by atoms with van der Waals surface area (Å²) in [6, 6.07) is 10.5. The van der Waals surface area contributed by atoms with E-state index in [1.807, 2.05) is 16.9 Å². The molecule has 29 heavy (non-hydrogen) atoms. The van der Waals surface area contributed by atoms with Crippen LogP contribution >= 0.6 is 24.0 Å². The van der Waals surface area contributed by atoms with Crippen molar-refractivity contribution in [1.82, 2.24) is 20.4 Å². The van der Waals surface area contributed by atoms with E-state index < -0.39 is 0 Å². The molecule has 8 heteroatoms. The van der Waals surface area contributed by atoms with Crippen LogP contribution in [0.25, 0.3) is 0 Å². The van der Waals surface area contributed by atoms with Crippen LogP contribution in [0.5, 0.6) is 0 Å². The largest absolute Gasteiger partial charge is 0.379 e. The number of ether oxygens (including phenoxy) is 2. The van der Waals surface area contributed by atoms with Crippen LogP contribution in [0.1, 0.15) is 30.4 Å². The number of aromatic nitrogens is 2. The molecular formula is C21H32IN5O2. The minimum Gasteiger partial charge on any atom is -0.379 e. The molecule has 1 fully saturated rings. The maximum atomic E-state index is 5.69. The van der Waals surface area contributed by atoms with Gasteiger partial charge in [0.25, 0.3) is 0 Å².